The van der Waals surface area contributed by atoms with Gasteiger partial charge in [-0.3, -0.25) is 4.79 Å². The van der Waals surface area contributed by atoms with E-state index in [-0.39, 0.29) is 23.8 Å². The molecule has 0 aliphatic carbocycles. The van der Waals surface area contributed by atoms with E-state index in [9.17, 15) is 4.79 Å². The second kappa shape index (κ2) is 7.10. The fourth-order valence-corrected chi connectivity index (χ4v) is 2.56. The highest BCUT2D eigenvalue weighted by molar-refractivity contribution is 5.76. The Kier molecular flexibility index (Phi) is 6.09. The van der Waals surface area contributed by atoms with E-state index in [4.69, 9.17) is 10.8 Å². The second-order valence-electron chi connectivity index (χ2n) is 6.23. The molecule has 1 aliphatic heterocycles. The van der Waals surface area contributed by atoms with Crippen LogP contribution >= 0.6 is 0 Å². The van der Waals surface area contributed by atoms with Gasteiger partial charge in [-0.2, -0.15) is 0 Å². The Bertz CT molecular complexity index is 267. The highest BCUT2D eigenvalue weighted by Crippen LogP contribution is 2.27. The van der Waals surface area contributed by atoms with Gasteiger partial charge < -0.3 is 15.7 Å². The highest BCUT2D eigenvalue weighted by atomic mass is 16.3. The van der Waals surface area contributed by atoms with Crippen LogP contribution in [0.2, 0.25) is 0 Å². The van der Waals surface area contributed by atoms with E-state index in [0.717, 1.165) is 38.8 Å². The van der Waals surface area contributed by atoms with E-state index < -0.39 is 0 Å². The molecule has 4 heteroatoms. The molecule has 1 fully saturated rings. The van der Waals surface area contributed by atoms with Gasteiger partial charge in [0, 0.05) is 26.1 Å². The Balaban J connectivity index is 2.36. The maximum atomic E-state index is 12.1. The van der Waals surface area contributed by atoms with Crippen LogP contribution in [0.15, 0.2) is 0 Å². The fourth-order valence-electron chi connectivity index (χ4n) is 2.56. The summed E-state index contributed by atoms with van der Waals surface area (Å²) in [7, 11) is 0. The molecule has 1 saturated heterocycles. The standard InChI is InChI=1S/C14H28N2O2/c1-14(2,7-8-15)6-5-13(18)16-9-3-4-12(10-16)11-17/h12,17H,3-11,15H2,1-2H3. The number of piperidine rings is 1. The third-order valence-corrected chi connectivity index (χ3v) is 3.97. The van der Waals surface area contributed by atoms with Crippen molar-refractivity contribution in [1.29, 1.82) is 0 Å². The van der Waals surface area contributed by atoms with Crippen LogP contribution in [-0.4, -0.2) is 42.2 Å². The van der Waals surface area contributed by atoms with Gasteiger partial charge in [0.25, 0.3) is 0 Å². The molecule has 0 radical (unpaired) electrons. The zero-order valence-corrected chi connectivity index (χ0v) is 11.8. The van der Waals surface area contributed by atoms with Gasteiger partial charge in [0.05, 0.1) is 0 Å². The topological polar surface area (TPSA) is 66.6 Å². The van der Waals surface area contributed by atoms with E-state index in [1.54, 1.807) is 0 Å². The summed E-state index contributed by atoms with van der Waals surface area (Å²) < 4.78 is 0. The van der Waals surface area contributed by atoms with Gasteiger partial charge in [0.2, 0.25) is 5.91 Å². The minimum Gasteiger partial charge on any atom is -0.396 e. The molecule has 1 aliphatic rings. The summed E-state index contributed by atoms with van der Waals surface area (Å²) >= 11 is 0. The zero-order chi connectivity index (χ0) is 13.6. The van der Waals surface area contributed by atoms with Crippen molar-refractivity contribution in [1.82, 2.24) is 4.90 Å². The summed E-state index contributed by atoms with van der Waals surface area (Å²) in [4.78, 5) is 14.0. The van der Waals surface area contributed by atoms with Crippen LogP contribution in [0.3, 0.4) is 0 Å². The lowest BCUT2D eigenvalue weighted by atomic mass is 9.84. The number of aliphatic hydroxyl groups excluding tert-OH is 1. The molecule has 0 aromatic rings. The molecule has 0 saturated carbocycles. The molecule has 1 heterocycles. The van der Waals surface area contributed by atoms with Crippen LogP contribution in [0.1, 0.15) is 46.0 Å². The van der Waals surface area contributed by atoms with Crippen LogP contribution < -0.4 is 5.73 Å². The van der Waals surface area contributed by atoms with Gasteiger partial charge in [0.1, 0.15) is 0 Å². The molecule has 3 N–H and O–H groups in total. The highest BCUT2D eigenvalue weighted by Gasteiger charge is 2.25. The summed E-state index contributed by atoms with van der Waals surface area (Å²) in [6, 6.07) is 0. The lowest BCUT2D eigenvalue weighted by Crippen LogP contribution is -2.41. The van der Waals surface area contributed by atoms with Gasteiger partial charge >= 0.3 is 0 Å². The molecule has 0 spiro atoms. The SMILES string of the molecule is CC(C)(CCN)CCC(=O)N1CCCC(CO)C1. The average molecular weight is 256 g/mol. The zero-order valence-electron chi connectivity index (χ0n) is 11.8. The van der Waals surface area contributed by atoms with Crippen LogP contribution in [0, 0.1) is 11.3 Å². The summed E-state index contributed by atoms with van der Waals surface area (Å²) in [5, 5.41) is 9.17. The van der Waals surface area contributed by atoms with Crippen LogP contribution in [0.25, 0.3) is 0 Å². The molecule has 1 amide bonds. The summed E-state index contributed by atoms with van der Waals surface area (Å²) in [6.07, 6.45) is 4.51. The lowest BCUT2D eigenvalue weighted by molar-refractivity contribution is -0.133. The molecule has 1 unspecified atom stereocenters. The fraction of sp³-hybridized carbons (Fsp3) is 0.929. The maximum absolute atomic E-state index is 12.1. The first-order chi connectivity index (χ1) is 8.48. The van der Waals surface area contributed by atoms with Crippen molar-refractivity contribution >= 4 is 5.91 Å². The Hall–Kier alpha value is -0.610. The molecule has 0 aromatic heterocycles. The molecule has 0 bridgehead atoms. The number of amides is 1. The Morgan fingerprint density at radius 2 is 2.17 bits per heavy atom. The van der Waals surface area contributed by atoms with Gasteiger partial charge in [-0.05, 0) is 43.6 Å². The summed E-state index contributed by atoms with van der Waals surface area (Å²) in [5.74, 6) is 0.512. The molecule has 1 rings (SSSR count). The number of hydrogen-bond donors (Lipinski definition) is 2. The van der Waals surface area contributed by atoms with Crippen LogP contribution in [-0.2, 0) is 4.79 Å². The third kappa shape index (κ3) is 4.94. The lowest BCUT2D eigenvalue weighted by Gasteiger charge is -2.33. The first kappa shape index (κ1) is 15.4. The molecule has 4 nitrogen and oxygen atoms in total. The van der Waals surface area contributed by atoms with Crippen molar-refractivity contribution in [2.24, 2.45) is 17.1 Å². The monoisotopic (exact) mass is 256 g/mol. The number of likely N-dealkylation sites (tertiary alicyclic amines) is 1. The van der Waals surface area contributed by atoms with Crippen LogP contribution in [0.4, 0.5) is 0 Å². The van der Waals surface area contributed by atoms with E-state index in [1.165, 1.54) is 0 Å². The largest absolute Gasteiger partial charge is 0.396 e. The minimum atomic E-state index is 0.149. The molecular formula is C14H28N2O2. The van der Waals surface area contributed by atoms with Gasteiger partial charge in [0.15, 0.2) is 0 Å². The predicted octanol–water partition coefficient (Wildman–Crippen LogP) is 1.37. The second-order valence-corrected chi connectivity index (χ2v) is 6.23. The minimum absolute atomic E-state index is 0.149. The number of nitrogens with two attached hydrogens (primary N) is 1. The van der Waals surface area contributed by atoms with Gasteiger partial charge in [-0.15, -0.1) is 0 Å². The number of rotatable bonds is 6. The number of nitrogens with zero attached hydrogens (tertiary/aromatic N) is 1. The van der Waals surface area contributed by atoms with Gasteiger partial charge in [-0.25, -0.2) is 0 Å². The Morgan fingerprint density at radius 3 is 2.78 bits per heavy atom. The van der Waals surface area contributed by atoms with Crippen molar-refractivity contribution in [3.63, 3.8) is 0 Å². The Morgan fingerprint density at radius 1 is 1.44 bits per heavy atom. The smallest absolute Gasteiger partial charge is 0.222 e. The number of carbonyl (C=O) groups excluding carboxylic acids is 1. The first-order valence-electron chi connectivity index (χ1n) is 7.07. The molecular weight excluding hydrogens is 228 g/mol. The first-order valence-corrected chi connectivity index (χ1v) is 7.07. The predicted molar refractivity (Wildman–Crippen MR) is 73.1 cm³/mol. The molecule has 0 aromatic carbocycles. The number of hydrogen-bond acceptors (Lipinski definition) is 3. The summed E-state index contributed by atoms with van der Waals surface area (Å²) in [5.41, 5.74) is 5.73. The van der Waals surface area contributed by atoms with Crippen molar-refractivity contribution in [2.45, 2.75) is 46.0 Å². The van der Waals surface area contributed by atoms with E-state index >= 15 is 0 Å². The normalized spacial score (nSPS) is 21.1. The number of carbonyl (C=O) groups is 1. The quantitative estimate of drug-likeness (QED) is 0.754. The van der Waals surface area contributed by atoms with E-state index in [1.807, 2.05) is 4.90 Å². The van der Waals surface area contributed by atoms with Crippen molar-refractivity contribution in [3.05, 3.63) is 0 Å². The van der Waals surface area contributed by atoms with Gasteiger partial charge in [-0.1, -0.05) is 13.8 Å². The van der Waals surface area contributed by atoms with E-state index in [0.29, 0.717) is 13.0 Å². The van der Waals surface area contributed by atoms with Crippen molar-refractivity contribution in [3.8, 4) is 0 Å². The average Bonchev–Trinajstić information content (AvgIpc) is 2.36. The third-order valence-electron chi connectivity index (χ3n) is 3.97. The maximum Gasteiger partial charge on any atom is 0.222 e. The van der Waals surface area contributed by atoms with E-state index in [2.05, 4.69) is 13.8 Å². The van der Waals surface area contributed by atoms with Crippen molar-refractivity contribution < 1.29 is 9.90 Å². The Labute approximate surface area is 111 Å². The molecule has 106 valence electrons. The van der Waals surface area contributed by atoms with Crippen molar-refractivity contribution in [2.75, 3.05) is 26.2 Å². The van der Waals surface area contributed by atoms with Crippen LogP contribution in [0.5, 0.6) is 0 Å². The molecule has 1 atom stereocenters. The summed E-state index contributed by atoms with van der Waals surface area (Å²) in [6.45, 7) is 6.79. The molecule has 18 heavy (non-hydrogen) atoms. The number of aliphatic hydroxyl groups is 1.